The van der Waals surface area contributed by atoms with Crippen molar-refractivity contribution in [1.29, 1.82) is 0 Å². The van der Waals surface area contributed by atoms with Crippen LogP contribution in [0.4, 0.5) is 11.4 Å². The second kappa shape index (κ2) is 17.4. The molecule has 6 rings (SSSR count). The van der Waals surface area contributed by atoms with Crippen molar-refractivity contribution in [3.63, 3.8) is 0 Å². The first-order valence-corrected chi connectivity index (χ1v) is 21.2. The second-order valence-corrected chi connectivity index (χ2v) is 18.5. The lowest BCUT2D eigenvalue weighted by Crippen LogP contribution is -2.65. The Morgan fingerprint density at radius 3 is 2.34 bits per heavy atom. The molecule has 10 atom stereocenters. The number of hydrogen-bond donors (Lipinski definition) is 3. The molecule has 4 N–H and O–H groups in total. The fourth-order valence-electron chi connectivity index (χ4n) is 12.0. The number of benzene rings is 2. The third kappa shape index (κ3) is 8.63. The SMILES string of the molecule is CC(=O)O[C@H]1C[C@@]2(C)[C@@H](C[C@@H](O)[C@H]3[C@@]4(C)CC[C@@H](OC(=O)CCC(=O)Nc5cccc(N)c5)[C@@H](C)[C@@H]4CC[C@@]32C)/C1=C(\CCC=C(C)C)C(=O)OCc1ccccc1. The Morgan fingerprint density at radius 1 is 0.914 bits per heavy atom. The van der Waals surface area contributed by atoms with Gasteiger partial charge in [-0.1, -0.05) is 75.7 Å². The lowest BCUT2D eigenvalue weighted by Gasteiger charge is -2.69. The van der Waals surface area contributed by atoms with E-state index in [1.54, 1.807) is 24.3 Å². The van der Waals surface area contributed by atoms with Gasteiger partial charge in [-0.2, -0.15) is 0 Å². The van der Waals surface area contributed by atoms with E-state index in [2.05, 4.69) is 39.1 Å². The predicted octanol–water partition coefficient (Wildman–Crippen LogP) is 8.88. The van der Waals surface area contributed by atoms with Crippen molar-refractivity contribution in [3.05, 3.63) is 83.0 Å². The van der Waals surface area contributed by atoms with Crippen LogP contribution in [0.2, 0.25) is 0 Å². The molecular weight excluding hydrogens is 733 g/mol. The Kier molecular flexibility index (Phi) is 13.0. The molecule has 0 saturated heterocycles. The van der Waals surface area contributed by atoms with Crippen LogP contribution in [0.5, 0.6) is 0 Å². The lowest BCUT2D eigenvalue weighted by atomic mass is 9.36. The summed E-state index contributed by atoms with van der Waals surface area (Å²) in [6.45, 7) is 14.7. The van der Waals surface area contributed by atoms with Crippen LogP contribution >= 0.6 is 0 Å². The number of nitrogen functional groups attached to an aromatic ring is 1. The Balaban J connectivity index is 1.23. The topological polar surface area (TPSA) is 154 Å². The summed E-state index contributed by atoms with van der Waals surface area (Å²) in [6.07, 6.45) is 5.83. The number of amides is 1. The predicted molar refractivity (Wildman–Crippen MR) is 224 cm³/mol. The van der Waals surface area contributed by atoms with Crippen LogP contribution in [0.1, 0.15) is 118 Å². The number of esters is 3. The number of fused-ring (bicyclic) bond motifs is 5. The Morgan fingerprint density at radius 2 is 1.66 bits per heavy atom. The first-order chi connectivity index (χ1) is 27.5. The number of nitrogens with two attached hydrogens (primary N) is 1. The van der Waals surface area contributed by atoms with Crippen molar-refractivity contribution in [1.82, 2.24) is 0 Å². The molecule has 4 saturated carbocycles. The van der Waals surface area contributed by atoms with Crippen molar-refractivity contribution in [3.8, 4) is 0 Å². The monoisotopic (exact) mass is 796 g/mol. The molecule has 58 heavy (non-hydrogen) atoms. The summed E-state index contributed by atoms with van der Waals surface area (Å²) in [5.41, 5.74) is 9.39. The Bertz CT molecular complexity index is 1920. The van der Waals surface area contributed by atoms with E-state index in [1.807, 2.05) is 44.2 Å². The van der Waals surface area contributed by atoms with E-state index in [1.165, 1.54) is 6.92 Å². The highest BCUT2D eigenvalue weighted by Gasteiger charge is 2.71. The number of aliphatic hydroxyl groups is 1. The van der Waals surface area contributed by atoms with Gasteiger partial charge < -0.3 is 30.4 Å². The minimum absolute atomic E-state index is 0.00836. The van der Waals surface area contributed by atoms with E-state index in [-0.39, 0.29) is 77.3 Å². The summed E-state index contributed by atoms with van der Waals surface area (Å²) in [7, 11) is 0. The molecule has 314 valence electrons. The Labute approximate surface area is 344 Å². The number of hydrogen-bond acceptors (Lipinski definition) is 9. The minimum atomic E-state index is -0.661. The average molecular weight is 797 g/mol. The molecule has 4 fully saturated rings. The molecule has 0 unspecified atom stereocenters. The van der Waals surface area contributed by atoms with Crippen molar-refractivity contribution < 1.29 is 38.5 Å². The summed E-state index contributed by atoms with van der Waals surface area (Å²) in [5, 5.41) is 15.3. The molecule has 10 nitrogen and oxygen atoms in total. The van der Waals surface area contributed by atoms with Crippen molar-refractivity contribution in [2.75, 3.05) is 11.1 Å². The van der Waals surface area contributed by atoms with Gasteiger partial charge in [0, 0.05) is 30.3 Å². The molecule has 2 aromatic carbocycles. The molecule has 0 bridgehead atoms. The summed E-state index contributed by atoms with van der Waals surface area (Å²) < 4.78 is 18.2. The fraction of sp³-hybridized carbons (Fsp3) is 0.583. The number of anilines is 2. The van der Waals surface area contributed by atoms with E-state index >= 15 is 0 Å². The van der Waals surface area contributed by atoms with E-state index < -0.39 is 24.1 Å². The van der Waals surface area contributed by atoms with Gasteiger partial charge in [0.05, 0.1) is 12.5 Å². The third-order valence-electron chi connectivity index (χ3n) is 14.7. The van der Waals surface area contributed by atoms with Crippen LogP contribution in [-0.4, -0.2) is 47.2 Å². The maximum Gasteiger partial charge on any atom is 0.334 e. The smallest absolute Gasteiger partial charge is 0.334 e. The van der Waals surface area contributed by atoms with Gasteiger partial charge in [-0.3, -0.25) is 14.4 Å². The molecule has 0 spiro atoms. The molecule has 4 aliphatic carbocycles. The zero-order valence-corrected chi connectivity index (χ0v) is 35.5. The third-order valence-corrected chi connectivity index (χ3v) is 14.7. The zero-order valence-electron chi connectivity index (χ0n) is 35.5. The highest BCUT2D eigenvalue weighted by molar-refractivity contribution is 5.93. The summed E-state index contributed by atoms with van der Waals surface area (Å²) in [6, 6.07) is 16.5. The number of aliphatic hydroxyl groups excluding tert-OH is 1. The van der Waals surface area contributed by atoms with Gasteiger partial charge in [-0.25, -0.2) is 4.79 Å². The van der Waals surface area contributed by atoms with Gasteiger partial charge in [0.1, 0.15) is 18.8 Å². The summed E-state index contributed by atoms with van der Waals surface area (Å²) >= 11 is 0. The van der Waals surface area contributed by atoms with Crippen LogP contribution in [0.3, 0.4) is 0 Å². The van der Waals surface area contributed by atoms with Crippen LogP contribution in [0.25, 0.3) is 0 Å². The Hall–Kier alpha value is -4.44. The summed E-state index contributed by atoms with van der Waals surface area (Å²) in [5.74, 6) is -1.46. The van der Waals surface area contributed by atoms with Crippen LogP contribution in [0, 0.1) is 39.9 Å². The van der Waals surface area contributed by atoms with Gasteiger partial charge >= 0.3 is 17.9 Å². The molecule has 0 radical (unpaired) electrons. The molecule has 2 aromatic rings. The van der Waals surface area contributed by atoms with Gasteiger partial charge in [0.15, 0.2) is 0 Å². The van der Waals surface area contributed by atoms with E-state index in [9.17, 15) is 24.3 Å². The molecule has 0 aliphatic heterocycles. The minimum Gasteiger partial charge on any atom is -0.462 e. The first kappa shape index (κ1) is 43.1. The standard InChI is InChI=1S/C48H64N2O8/c1-29(2)13-11-18-35(45(55)56-28-32-14-9-8-10-15-32)43-37-26-38(52)44-46(5)23-22-39(58-42(54)20-19-41(53)50-34-17-12-16-33(49)25-34)30(3)36(46)21-24-47(44,6)48(37,7)27-40(43)57-31(4)51/h8-10,12-17,25,30,36-40,44,52H,11,18-24,26-28,49H2,1-7H3,(H,50,53)/b43-35-/t30-,36-,37-,38+,39+,40-,44-,46-,47-,48-/m0/s1. The van der Waals surface area contributed by atoms with Gasteiger partial charge in [-0.05, 0) is 134 Å². The van der Waals surface area contributed by atoms with Crippen molar-refractivity contribution in [2.24, 2.45) is 39.9 Å². The number of carbonyl (C=O) groups excluding carboxylic acids is 4. The molecule has 4 aliphatic rings. The summed E-state index contributed by atoms with van der Waals surface area (Å²) in [4.78, 5) is 52.7. The van der Waals surface area contributed by atoms with Crippen LogP contribution < -0.4 is 11.1 Å². The second-order valence-electron chi connectivity index (χ2n) is 18.5. The average Bonchev–Trinajstić information content (AvgIpc) is 3.43. The maximum atomic E-state index is 14.2. The highest BCUT2D eigenvalue weighted by atomic mass is 16.5. The quantitative estimate of drug-likeness (QED) is 0.0628. The van der Waals surface area contributed by atoms with E-state index in [0.717, 1.165) is 36.0 Å². The number of ether oxygens (including phenoxy) is 3. The fourth-order valence-corrected chi connectivity index (χ4v) is 12.0. The van der Waals surface area contributed by atoms with Crippen molar-refractivity contribution in [2.45, 2.75) is 138 Å². The highest BCUT2D eigenvalue weighted by Crippen LogP contribution is 2.74. The molecule has 0 aromatic heterocycles. The van der Waals surface area contributed by atoms with E-state index in [0.29, 0.717) is 49.1 Å². The first-order valence-electron chi connectivity index (χ1n) is 21.2. The van der Waals surface area contributed by atoms with Gasteiger partial charge in [0.2, 0.25) is 5.91 Å². The van der Waals surface area contributed by atoms with Crippen LogP contribution in [0.15, 0.2) is 77.4 Å². The molecule has 1 amide bonds. The van der Waals surface area contributed by atoms with Gasteiger partial charge in [0.25, 0.3) is 0 Å². The lowest BCUT2D eigenvalue weighted by molar-refractivity contribution is -0.236. The van der Waals surface area contributed by atoms with E-state index in [4.69, 9.17) is 19.9 Å². The molecule has 0 heterocycles. The van der Waals surface area contributed by atoms with Crippen LogP contribution in [-0.2, 0) is 40.0 Å². The number of allylic oxidation sites excluding steroid dienone is 2. The largest absolute Gasteiger partial charge is 0.462 e. The molecular formula is C48H64N2O8. The number of carbonyl (C=O) groups is 4. The maximum absolute atomic E-state index is 14.2. The normalized spacial score (nSPS) is 33.3. The number of rotatable bonds is 12. The van der Waals surface area contributed by atoms with Gasteiger partial charge in [-0.15, -0.1) is 0 Å². The van der Waals surface area contributed by atoms with Crippen molar-refractivity contribution >= 4 is 35.2 Å². The molecule has 10 heteroatoms. The number of nitrogens with one attached hydrogen (secondary N) is 1. The zero-order chi connectivity index (χ0) is 42.0.